The first-order valence-electron chi connectivity index (χ1n) is 6.74. The molecule has 2 heterocycles. The van der Waals surface area contributed by atoms with Crippen LogP contribution in [0.3, 0.4) is 0 Å². The third-order valence-corrected chi connectivity index (χ3v) is 3.66. The summed E-state index contributed by atoms with van der Waals surface area (Å²) in [5.74, 6) is 1.84. The van der Waals surface area contributed by atoms with Crippen molar-refractivity contribution in [2.75, 3.05) is 20.8 Å². The lowest BCUT2D eigenvalue weighted by Gasteiger charge is -2.27. The zero-order valence-corrected chi connectivity index (χ0v) is 12.1. The van der Waals surface area contributed by atoms with Crippen molar-refractivity contribution in [1.29, 1.82) is 0 Å². The highest BCUT2D eigenvalue weighted by molar-refractivity contribution is 5.52. The molecule has 112 valence electrons. The second-order valence-electron chi connectivity index (χ2n) is 5.00. The van der Waals surface area contributed by atoms with Crippen molar-refractivity contribution in [3.8, 4) is 17.2 Å². The first-order chi connectivity index (χ1) is 10.2. The van der Waals surface area contributed by atoms with Gasteiger partial charge in [-0.2, -0.15) is 0 Å². The third kappa shape index (κ3) is 2.64. The standard InChI is InChI=1S/C14H18N4O3/c1-20-11-5-10(6-12(21-2)14(11)19)7-17-3-4-18-9-15-16-13(18)8-17/h5-6,9,19H,3-4,7-8H2,1-2H3. The topological polar surface area (TPSA) is 72.6 Å². The molecule has 1 aromatic heterocycles. The van der Waals surface area contributed by atoms with E-state index in [0.29, 0.717) is 11.5 Å². The molecule has 0 amide bonds. The van der Waals surface area contributed by atoms with Crippen LogP contribution in [0.2, 0.25) is 0 Å². The fraction of sp³-hybridized carbons (Fsp3) is 0.429. The second kappa shape index (κ2) is 5.61. The molecule has 0 spiro atoms. The smallest absolute Gasteiger partial charge is 0.200 e. The Morgan fingerprint density at radius 3 is 2.57 bits per heavy atom. The molecule has 0 unspecified atom stereocenters. The van der Waals surface area contributed by atoms with Gasteiger partial charge in [0.15, 0.2) is 11.5 Å². The minimum atomic E-state index is 0.0298. The van der Waals surface area contributed by atoms with Crippen LogP contribution in [0.15, 0.2) is 18.5 Å². The summed E-state index contributed by atoms with van der Waals surface area (Å²) in [6.45, 7) is 3.30. The van der Waals surface area contributed by atoms with Crippen LogP contribution in [-0.4, -0.2) is 45.5 Å². The molecular weight excluding hydrogens is 272 g/mol. The number of ether oxygens (including phenoxy) is 2. The summed E-state index contributed by atoms with van der Waals surface area (Å²) in [6, 6.07) is 3.66. The molecular formula is C14H18N4O3. The Labute approximate surface area is 122 Å². The van der Waals surface area contributed by atoms with Crippen molar-refractivity contribution in [3.63, 3.8) is 0 Å². The Hall–Kier alpha value is -2.28. The second-order valence-corrected chi connectivity index (χ2v) is 5.00. The van der Waals surface area contributed by atoms with E-state index < -0.39 is 0 Å². The first kappa shape index (κ1) is 13.7. The molecule has 0 saturated heterocycles. The molecule has 7 nitrogen and oxygen atoms in total. The minimum Gasteiger partial charge on any atom is -0.502 e. The van der Waals surface area contributed by atoms with Gasteiger partial charge < -0.3 is 19.1 Å². The van der Waals surface area contributed by atoms with Gasteiger partial charge >= 0.3 is 0 Å². The van der Waals surface area contributed by atoms with Crippen LogP contribution in [0, 0.1) is 0 Å². The van der Waals surface area contributed by atoms with Gasteiger partial charge in [-0.15, -0.1) is 10.2 Å². The molecule has 1 N–H and O–H groups in total. The van der Waals surface area contributed by atoms with Crippen LogP contribution < -0.4 is 9.47 Å². The SMILES string of the molecule is COc1cc(CN2CCn3cnnc3C2)cc(OC)c1O. The summed E-state index contributed by atoms with van der Waals surface area (Å²) in [5, 5.41) is 18.0. The van der Waals surface area contributed by atoms with Crippen LogP contribution in [0.25, 0.3) is 0 Å². The molecule has 1 aliphatic rings. The lowest BCUT2D eigenvalue weighted by Crippen LogP contribution is -2.33. The van der Waals surface area contributed by atoms with Crippen molar-refractivity contribution in [1.82, 2.24) is 19.7 Å². The van der Waals surface area contributed by atoms with Crippen LogP contribution in [0.4, 0.5) is 0 Å². The summed E-state index contributed by atoms with van der Waals surface area (Å²) in [7, 11) is 3.06. The number of methoxy groups -OCH3 is 2. The third-order valence-electron chi connectivity index (χ3n) is 3.66. The number of hydrogen-bond donors (Lipinski definition) is 1. The number of aromatic nitrogens is 3. The molecule has 0 atom stereocenters. The van der Waals surface area contributed by atoms with Gasteiger partial charge in [0.1, 0.15) is 12.2 Å². The number of hydrogen-bond acceptors (Lipinski definition) is 6. The highest BCUT2D eigenvalue weighted by Crippen LogP contribution is 2.37. The zero-order valence-electron chi connectivity index (χ0n) is 12.1. The van der Waals surface area contributed by atoms with E-state index in [4.69, 9.17) is 9.47 Å². The van der Waals surface area contributed by atoms with Gasteiger partial charge in [0, 0.05) is 19.6 Å². The van der Waals surface area contributed by atoms with Gasteiger partial charge in [-0.25, -0.2) is 0 Å². The number of fused-ring (bicyclic) bond motifs is 1. The largest absolute Gasteiger partial charge is 0.502 e. The molecule has 7 heteroatoms. The van der Waals surface area contributed by atoms with Crippen molar-refractivity contribution >= 4 is 0 Å². The molecule has 0 aliphatic carbocycles. The Kier molecular flexibility index (Phi) is 3.66. The fourth-order valence-electron chi connectivity index (χ4n) is 2.55. The number of rotatable bonds is 4. The Morgan fingerprint density at radius 1 is 1.19 bits per heavy atom. The average Bonchev–Trinajstić information content (AvgIpc) is 2.96. The van der Waals surface area contributed by atoms with Crippen molar-refractivity contribution in [2.24, 2.45) is 0 Å². The predicted molar refractivity (Wildman–Crippen MR) is 75.3 cm³/mol. The molecule has 0 bridgehead atoms. The molecule has 2 aromatic rings. The van der Waals surface area contributed by atoms with E-state index in [2.05, 4.69) is 19.7 Å². The Bertz CT molecular complexity index is 616. The molecule has 21 heavy (non-hydrogen) atoms. The number of phenolic OH excluding ortho intramolecular Hbond substituents is 1. The monoisotopic (exact) mass is 290 g/mol. The van der Waals surface area contributed by atoms with E-state index in [-0.39, 0.29) is 5.75 Å². The summed E-state index contributed by atoms with van der Waals surface area (Å²) in [4.78, 5) is 2.27. The van der Waals surface area contributed by atoms with E-state index in [1.807, 2.05) is 12.1 Å². The van der Waals surface area contributed by atoms with E-state index in [1.165, 1.54) is 14.2 Å². The molecule has 0 radical (unpaired) electrons. The van der Waals surface area contributed by atoms with Gasteiger partial charge in [0.2, 0.25) is 5.75 Å². The minimum absolute atomic E-state index is 0.0298. The summed E-state index contributed by atoms with van der Waals surface area (Å²) >= 11 is 0. The number of aromatic hydroxyl groups is 1. The van der Waals surface area contributed by atoms with E-state index in [1.54, 1.807) is 6.33 Å². The van der Waals surface area contributed by atoms with Crippen molar-refractivity contribution in [2.45, 2.75) is 19.6 Å². The van der Waals surface area contributed by atoms with Gasteiger partial charge in [-0.1, -0.05) is 0 Å². The molecule has 3 rings (SSSR count). The first-order valence-corrected chi connectivity index (χ1v) is 6.74. The molecule has 0 fully saturated rings. The van der Waals surface area contributed by atoms with Crippen LogP contribution in [-0.2, 0) is 19.6 Å². The number of nitrogens with zero attached hydrogens (tertiary/aromatic N) is 4. The molecule has 1 aromatic carbocycles. The summed E-state index contributed by atoms with van der Waals surface area (Å²) in [6.07, 6.45) is 1.76. The van der Waals surface area contributed by atoms with E-state index >= 15 is 0 Å². The van der Waals surface area contributed by atoms with Crippen molar-refractivity contribution < 1.29 is 14.6 Å². The Morgan fingerprint density at radius 2 is 1.90 bits per heavy atom. The van der Waals surface area contributed by atoms with Gasteiger partial charge in [-0.3, -0.25) is 4.90 Å². The molecule has 1 aliphatic heterocycles. The Balaban J connectivity index is 1.79. The van der Waals surface area contributed by atoms with E-state index in [0.717, 1.165) is 37.6 Å². The quantitative estimate of drug-likeness (QED) is 0.906. The van der Waals surface area contributed by atoms with Gasteiger partial charge in [0.25, 0.3) is 0 Å². The lowest BCUT2D eigenvalue weighted by atomic mass is 10.1. The van der Waals surface area contributed by atoms with Crippen LogP contribution in [0.5, 0.6) is 17.2 Å². The maximum Gasteiger partial charge on any atom is 0.200 e. The molecule has 0 saturated carbocycles. The number of benzene rings is 1. The van der Waals surface area contributed by atoms with Crippen LogP contribution in [0.1, 0.15) is 11.4 Å². The zero-order chi connectivity index (χ0) is 14.8. The van der Waals surface area contributed by atoms with E-state index in [9.17, 15) is 5.11 Å². The normalized spacial score (nSPS) is 14.8. The van der Waals surface area contributed by atoms with Gasteiger partial charge in [0.05, 0.1) is 20.8 Å². The summed E-state index contributed by atoms with van der Waals surface area (Å²) in [5.41, 5.74) is 1.02. The highest BCUT2D eigenvalue weighted by Gasteiger charge is 2.19. The highest BCUT2D eigenvalue weighted by atomic mass is 16.5. The lowest BCUT2D eigenvalue weighted by molar-refractivity contribution is 0.208. The van der Waals surface area contributed by atoms with Gasteiger partial charge in [-0.05, 0) is 17.7 Å². The summed E-state index contributed by atoms with van der Waals surface area (Å²) < 4.78 is 12.4. The number of phenols is 1. The maximum absolute atomic E-state index is 9.94. The maximum atomic E-state index is 9.94. The average molecular weight is 290 g/mol. The van der Waals surface area contributed by atoms with Crippen molar-refractivity contribution in [3.05, 3.63) is 29.8 Å². The van der Waals surface area contributed by atoms with Crippen LogP contribution >= 0.6 is 0 Å². The predicted octanol–water partition coefficient (Wildman–Crippen LogP) is 1.02. The fourth-order valence-corrected chi connectivity index (χ4v) is 2.55.